The van der Waals surface area contributed by atoms with Crippen molar-refractivity contribution in [3.63, 3.8) is 0 Å². The van der Waals surface area contributed by atoms with E-state index in [1.807, 2.05) is 6.92 Å². The number of amides is 1. The summed E-state index contributed by atoms with van der Waals surface area (Å²) in [5.41, 5.74) is 1.55. The van der Waals surface area contributed by atoms with Crippen LogP contribution in [0.5, 0.6) is 0 Å². The van der Waals surface area contributed by atoms with Crippen LogP contribution < -0.4 is 5.32 Å². The summed E-state index contributed by atoms with van der Waals surface area (Å²) in [5, 5.41) is 2.71. The van der Waals surface area contributed by atoms with Crippen molar-refractivity contribution in [2.24, 2.45) is 0 Å². The third-order valence-electron chi connectivity index (χ3n) is 1.67. The van der Waals surface area contributed by atoms with Gasteiger partial charge in [0.05, 0.1) is 18.6 Å². The molecule has 4 nitrogen and oxygen atoms in total. The van der Waals surface area contributed by atoms with Crippen LogP contribution in [-0.4, -0.2) is 17.5 Å². The summed E-state index contributed by atoms with van der Waals surface area (Å²) >= 11 is 0. The lowest BCUT2D eigenvalue weighted by atomic mass is 10.2. The Morgan fingerprint density at radius 2 is 2.47 bits per heavy atom. The van der Waals surface area contributed by atoms with Gasteiger partial charge in [0.15, 0.2) is 0 Å². The molecule has 1 N–H and O–H groups in total. The van der Waals surface area contributed by atoms with Crippen LogP contribution in [0.1, 0.15) is 19.4 Å². The highest BCUT2D eigenvalue weighted by Crippen LogP contribution is 2.14. The van der Waals surface area contributed by atoms with E-state index >= 15 is 0 Å². The molecule has 0 atom stereocenters. The molecular formula is C11H14N2O2. The first-order valence-electron chi connectivity index (χ1n) is 4.73. The Hall–Kier alpha value is -1.84. The van der Waals surface area contributed by atoms with E-state index in [4.69, 9.17) is 4.74 Å². The SMILES string of the molecule is CCO/C=C\c1cnccc1NC(C)=O. The molecule has 0 radical (unpaired) electrons. The standard InChI is InChI=1S/C11H14N2O2/c1-3-15-7-5-10-8-12-6-4-11(10)13-9(2)14/h4-8H,3H2,1-2H3,(H,12,13,14)/b7-5-. The second kappa shape index (κ2) is 5.80. The normalized spacial score (nSPS) is 10.3. The molecule has 0 spiro atoms. The van der Waals surface area contributed by atoms with Crippen molar-refractivity contribution >= 4 is 17.7 Å². The summed E-state index contributed by atoms with van der Waals surface area (Å²) in [5.74, 6) is -0.104. The Labute approximate surface area is 89.0 Å². The highest BCUT2D eigenvalue weighted by Gasteiger charge is 2.00. The van der Waals surface area contributed by atoms with E-state index in [2.05, 4.69) is 10.3 Å². The monoisotopic (exact) mass is 206 g/mol. The molecule has 1 aromatic heterocycles. The van der Waals surface area contributed by atoms with Crippen LogP contribution in [0.15, 0.2) is 24.7 Å². The van der Waals surface area contributed by atoms with Gasteiger partial charge in [0.2, 0.25) is 5.91 Å². The maximum absolute atomic E-state index is 10.9. The van der Waals surface area contributed by atoms with Gasteiger partial charge < -0.3 is 10.1 Å². The fourth-order valence-electron chi connectivity index (χ4n) is 1.06. The van der Waals surface area contributed by atoms with Crippen molar-refractivity contribution in [1.29, 1.82) is 0 Å². The van der Waals surface area contributed by atoms with Crippen LogP contribution in [0, 0.1) is 0 Å². The molecule has 0 aliphatic heterocycles. The van der Waals surface area contributed by atoms with Crippen LogP contribution in [-0.2, 0) is 9.53 Å². The molecule has 0 aliphatic rings. The van der Waals surface area contributed by atoms with Crippen LogP contribution in [0.2, 0.25) is 0 Å². The van der Waals surface area contributed by atoms with Gasteiger partial charge in [-0.05, 0) is 19.1 Å². The van der Waals surface area contributed by atoms with Gasteiger partial charge in [-0.15, -0.1) is 0 Å². The lowest BCUT2D eigenvalue weighted by molar-refractivity contribution is -0.114. The molecule has 1 rings (SSSR count). The average Bonchev–Trinajstić information content (AvgIpc) is 2.20. The third-order valence-corrected chi connectivity index (χ3v) is 1.67. The molecule has 80 valence electrons. The number of hydrogen-bond donors (Lipinski definition) is 1. The molecule has 0 aromatic carbocycles. The van der Waals surface area contributed by atoms with Crippen LogP contribution in [0.3, 0.4) is 0 Å². The lowest BCUT2D eigenvalue weighted by Gasteiger charge is -2.05. The molecular weight excluding hydrogens is 192 g/mol. The van der Waals surface area contributed by atoms with Crippen LogP contribution in [0.4, 0.5) is 5.69 Å². The zero-order chi connectivity index (χ0) is 11.1. The highest BCUT2D eigenvalue weighted by atomic mass is 16.5. The zero-order valence-corrected chi connectivity index (χ0v) is 8.86. The van der Waals surface area contributed by atoms with Crippen molar-refractivity contribution in [2.75, 3.05) is 11.9 Å². The minimum atomic E-state index is -0.104. The molecule has 0 aliphatic carbocycles. The van der Waals surface area contributed by atoms with Gasteiger partial charge in [0, 0.05) is 24.9 Å². The van der Waals surface area contributed by atoms with E-state index in [0.29, 0.717) is 6.61 Å². The molecule has 0 unspecified atom stereocenters. The summed E-state index contributed by atoms with van der Waals surface area (Å²) in [4.78, 5) is 14.9. The molecule has 1 aromatic rings. The fourth-order valence-corrected chi connectivity index (χ4v) is 1.06. The summed E-state index contributed by atoms with van der Waals surface area (Å²) in [6.07, 6.45) is 6.65. The van der Waals surface area contributed by atoms with Gasteiger partial charge in [-0.25, -0.2) is 0 Å². The molecule has 1 heterocycles. The number of nitrogens with one attached hydrogen (secondary N) is 1. The molecule has 4 heteroatoms. The molecule has 0 bridgehead atoms. The predicted octanol–water partition coefficient (Wildman–Crippen LogP) is 2.05. The van der Waals surface area contributed by atoms with Gasteiger partial charge in [-0.1, -0.05) is 0 Å². The van der Waals surface area contributed by atoms with E-state index in [1.54, 1.807) is 30.8 Å². The largest absolute Gasteiger partial charge is 0.501 e. The van der Waals surface area contributed by atoms with E-state index in [0.717, 1.165) is 11.3 Å². The summed E-state index contributed by atoms with van der Waals surface area (Å²) in [7, 11) is 0. The Balaban J connectivity index is 2.81. The Bertz CT molecular complexity index is 361. The minimum absolute atomic E-state index is 0.104. The van der Waals surface area contributed by atoms with Crippen molar-refractivity contribution in [3.05, 3.63) is 30.3 Å². The molecule has 0 saturated heterocycles. The van der Waals surface area contributed by atoms with E-state index in [9.17, 15) is 4.79 Å². The second-order valence-electron chi connectivity index (χ2n) is 2.90. The number of aromatic nitrogens is 1. The number of rotatable bonds is 4. The smallest absolute Gasteiger partial charge is 0.221 e. The lowest BCUT2D eigenvalue weighted by Crippen LogP contribution is -2.07. The summed E-state index contributed by atoms with van der Waals surface area (Å²) in [6.45, 7) is 3.99. The maximum atomic E-state index is 10.9. The zero-order valence-electron chi connectivity index (χ0n) is 8.86. The fraction of sp³-hybridized carbons (Fsp3) is 0.273. The quantitative estimate of drug-likeness (QED) is 0.767. The van der Waals surface area contributed by atoms with Crippen molar-refractivity contribution in [2.45, 2.75) is 13.8 Å². The Morgan fingerprint density at radius 3 is 3.13 bits per heavy atom. The summed E-state index contributed by atoms with van der Waals surface area (Å²) in [6, 6.07) is 1.74. The van der Waals surface area contributed by atoms with Gasteiger partial charge in [-0.2, -0.15) is 0 Å². The van der Waals surface area contributed by atoms with E-state index in [1.165, 1.54) is 6.92 Å². The number of ether oxygens (including phenoxy) is 1. The molecule has 1 amide bonds. The Kier molecular flexibility index (Phi) is 4.34. The second-order valence-corrected chi connectivity index (χ2v) is 2.90. The maximum Gasteiger partial charge on any atom is 0.221 e. The first kappa shape index (κ1) is 11.2. The van der Waals surface area contributed by atoms with Crippen molar-refractivity contribution < 1.29 is 9.53 Å². The van der Waals surface area contributed by atoms with Crippen molar-refractivity contribution in [1.82, 2.24) is 4.98 Å². The average molecular weight is 206 g/mol. The van der Waals surface area contributed by atoms with Gasteiger partial charge in [0.1, 0.15) is 0 Å². The number of pyridine rings is 1. The highest BCUT2D eigenvalue weighted by molar-refractivity contribution is 5.90. The summed E-state index contributed by atoms with van der Waals surface area (Å²) < 4.78 is 5.08. The molecule has 0 saturated carbocycles. The van der Waals surface area contributed by atoms with E-state index < -0.39 is 0 Å². The van der Waals surface area contributed by atoms with E-state index in [-0.39, 0.29) is 5.91 Å². The number of carbonyl (C=O) groups excluding carboxylic acids is 1. The molecule has 0 fully saturated rings. The van der Waals surface area contributed by atoms with Gasteiger partial charge >= 0.3 is 0 Å². The van der Waals surface area contributed by atoms with Crippen LogP contribution in [0.25, 0.3) is 6.08 Å². The minimum Gasteiger partial charge on any atom is -0.501 e. The van der Waals surface area contributed by atoms with Gasteiger partial charge in [-0.3, -0.25) is 9.78 Å². The first-order chi connectivity index (χ1) is 7.24. The third kappa shape index (κ3) is 3.81. The van der Waals surface area contributed by atoms with Crippen LogP contribution >= 0.6 is 0 Å². The Morgan fingerprint density at radius 1 is 1.67 bits per heavy atom. The number of carbonyl (C=O) groups is 1. The topological polar surface area (TPSA) is 51.2 Å². The molecule has 15 heavy (non-hydrogen) atoms. The van der Waals surface area contributed by atoms with Gasteiger partial charge in [0.25, 0.3) is 0 Å². The number of hydrogen-bond acceptors (Lipinski definition) is 3. The number of nitrogens with zero attached hydrogens (tertiary/aromatic N) is 1. The number of anilines is 1. The van der Waals surface area contributed by atoms with Crippen molar-refractivity contribution in [3.8, 4) is 0 Å². The first-order valence-corrected chi connectivity index (χ1v) is 4.73. The predicted molar refractivity (Wildman–Crippen MR) is 59.2 cm³/mol.